The van der Waals surface area contributed by atoms with Gasteiger partial charge in [-0.05, 0) is 25.1 Å². The quantitative estimate of drug-likeness (QED) is 0.499. The number of pyridine rings is 1. The lowest BCUT2D eigenvalue weighted by Crippen LogP contribution is -2.23. The van der Waals surface area contributed by atoms with E-state index < -0.39 is 0 Å². The Bertz CT molecular complexity index is 1110. The fraction of sp³-hybridized carbons (Fsp3) is 0.200. The average Bonchev–Trinajstić information content (AvgIpc) is 3.25. The van der Waals surface area contributed by atoms with Crippen LogP contribution in [0.25, 0.3) is 11.0 Å². The third kappa shape index (κ3) is 3.49. The molecule has 3 heterocycles. The molecule has 4 rings (SSSR count). The number of anilines is 3. The van der Waals surface area contributed by atoms with E-state index in [0.29, 0.717) is 31.4 Å². The van der Waals surface area contributed by atoms with E-state index >= 15 is 0 Å². The van der Waals surface area contributed by atoms with Gasteiger partial charge in [0.15, 0.2) is 0 Å². The van der Waals surface area contributed by atoms with Crippen LogP contribution >= 0.6 is 0 Å². The van der Waals surface area contributed by atoms with E-state index in [9.17, 15) is 4.79 Å². The molecule has 0 amide bonds. The zero-order chi connectivity index (χ0) is 19.3. The molecule has 8 heteroatoms. The van der Waals surface area contributed by atoms with Crippen LogP contribution in [0, 0.1) is 0 Å². The Hall–Kier alpha value is -3.52. The first-order valence-corrected chi connectivity index (χ1v) is 9.06. The lowest BCUT2D eigenvalue weighted by atomic mass is 10.3. The van der Waals surface area contributed by atoms with Gasteiger partial charge in [0.1, 0.15) is 5.65 Å². The Morgan fingerprint density at radius 3 is 2.71 bits per heavy atom. The van der Waals surface area contributed by atoms with Gasteiger partial charge < -0.3 is 4.74 Å². The van der Waals surface area contributed by atoms with Gasteiger partial charge in [0, 0.05) is 36.1 Å². The first-order chi connectivity index (χ1) is 13.8. The van der Waals surface area contributed by atoms with Crippen molar-refractivity contribution in [1.82, 2.24) is 24.7 Å². The maximum atomic E-state index is 12.4. The van der Waals surface area contributed by atoms with E-state index in [2.05, 4.69) is 15.2 Å². The predicted molar refractivity (Wildman–Crippen MR) is 107 cm³/mol. The zero-order valence-electron chi connectivity index (χ0n) is 15.4. The maximum absolute atomic E-state index is 12.4. The molecule has 3 aromatic heterocycles. The Kier molecular flexibility index (Phi) is 5.11. The van der Waals surface area contributed by atoms with E-state index in [-0.39, 0.29) is 5.56 Å². The molecule has 0 unspecified atom stereocenters. The van der Waals surface area contributed by atoms with E-state index in [1.807, 2.05) is 42.2 Å². The molecular formula is C20H20N6O2. The molecule has 0 saturated carbocycles. The number of benzene rings is 1. The fourth-order valence-electron chi connectivity index (χ4n) is 3.01. The number of nitrogens with one attached hydrogen (secondary N) is 1. The van der Waals surface area contributed by atoms with Crippen LogP contribution in [-0.4, -0.2) is 37.9 Å². The number of nitrogens with zero attached hydrogens (tertiary/aromatic N) is 5. The Morgan fingerprint density at radius 1 is 1.11 bits per heavy atom. The minimum atomic E-state index is -0.119. The number of hydrogen-bond acceptors (Lipinski definition) is 6. The summed E-state index contributed by atoms with van der Waals surface area (Å²) in [5.74, 6) is 0.454. The van der Waals surface area contributed by atoms with Crippen LogP contribution in [0.15, 0.2) is 65.8 Å². The second kappa shape index (κ2) is 8.01. The number of aromatic nitrogens is 5. The summed E-state index contributed by atoms with van der Waals surface area (Å²) in [5.41, 5.74) is 2.14. The van der Waals surface area contributed by atoms with Crippen LogP contribution in [-0.2, 0) is 11.3 Å². The summed E-state index contributed by atoms with van der Waals surface area (Å²) < 4.78 is 7.04. The summed E-state index contributed by atoms with van der Waals surface area (Å²) in [7, 11) is 0. The Balaban J connectivity index is 1.85. The first kappa shape index (κ1) is 17.9. The number of aromatic amines is 1. The molecule has 8 nitrogen and oxygen atoms in total. The van der Waals surface area contributed by atoms with Crippen molar-refractivity contribution in [3.8, 4) is 0 Å². The normalized spacial score (nSPS) is 11.0. The average molecular weight is 376 g/mol. The molecule has 4 aromatic rings. The third-order valence-electron chi connectivity index (χ3n) is 4.33. The van der Waals surface area contributed by atoms with Crippen molar-refractivity contribution in [2.24, 2.45) is 0 Å². The van der Waals surface area contributed by atoms with Crippen LogP contribution in [0.3, 0.4) is 0 Å². The summed E-state index contributed by atoms with van der Waals surface area (Å²) in [4.78, 5) is 23.6. The Morgan fingerprint density at radius 2 is 1.96 bits per heavy atom. The summed E-state index contributed by atoms with van der Waals surface area (Å²) in [6, 6.07) is 13.0. The second-order valence-corrected chi connectivity index (χ2v) is 6.10. The molecule has 0 aliphatic rings. The standard InChI is InChI=1S/C20H20N6O2/c1-2-28-11-10-25-18(27)9-8-15-12-21-20(24-19(15)25)26(17-13-22-23-14-17)16-6-4-3-5-7-16/h3-9,12-14H,2,10-11H2,1H3,(H,22,23). The van der Waals surface area contributed by atoms with Crippen molar-refractivity contribution in [1.29, 1.82) is 0 Å². The van der Waals surface area contributed by atoms with Gasteiger partial charge in [0.2, 0.25) is 5.95 Å². The van der Waals surface area contributed by atoms with E-state index in [0.717, 1.165) is 16.8 Å². The molecule has 0 spiro atoms. The second-order valence-electron chi connectivity index (χ2n) is 6.10. The molecule has 0 saturated heterocycles. The summed E-state index contributed by atoms with van der Waals surface area (Å²) in [5, 5.41) is 7.66. The lowest BCUT2D eigenvalue weighted by Gasteiger charge is -2.21. The number of ether oxygens (including phenoxy) is 1. The van der Waals surface area contributed by atoms with Crippen molar-refractivity contribution in [3.05, 3.63) is 71.4 Å². The number of fused-ring (bicyclic) bond motifs is 1. The van der Waals surface area contributed by atoms with Crippen molar-refractivity contribution in [2.75, 3.05) is 18.1 Å². The highest BCUT2D eigenvalue weighted by Gasteiger charge is 2.17. The van der Waals surface area contributed by atoms with Crippen LogP contribution in [0.1, 0.15) is 6.92 Å². The highest BCUT2D eigenvalue weighted by molar-refractivity contribution is 5.78. The van der Waals surface area contributed by atoms with Gasteiger partial charge in [-0.2, -0.15) is 10.1 Å². The highest BCUT2D eigenvalue weighted by atomic mass is 16.5. The van der Waals surface area contributed by atoms with Crippen LogP contribution in [0.2, 0.25) is 0 Å². The Labute approximate surface area is 161 Å². The van der Waals surface area contributed by atoms with Crippen molar-refractivity contribution < 1.29 is 4.74 Å². The molecule has 0 atom stereocenters. The molecule has 0 aliphatic heterocycles. The largest absolute Gasteiger partial charge is 0.380 e. The molecule has 0 bridgehead atoms. The van der Waals surface area contributed by atoms with Crippen molar-refractivity contribution >= 4 is 28.4 Å². The van der Waals surface area contributed by atoms with Gasteiger partial charge >= 0.3 is 0 Å². The van der Waals surface area contributed by atoms with Crippen LogP contribution < -0.4 is 10.5 Å². The van der Waals surface area contributed by atoms with E-state index in [1.165, 1.54) is 6.07 Å². The van der Waals surface area contributed by atoms with Gasteiger partial charge in [-0.25, -0.2) is 4.98 Å². The molecule has 0 radical (unpaired) electrons. The smallest absolute Gasteiger partial charge is 0.252 e. The predicted octanol–water partition coefficient (Wildman–Crippen LogP) is 3.02. The third-order valence-corrected chi connectivity index (χ3v) is 4.33. The van der Waals surface area contributed by atoms with Crippen molar-refractivity contribution in [2.45, 2.75) is 13.5 Å². The van der Waals surface area contributed by atoms with Crippen LogP contribution in [0.4, 0.5) is 17.3 Å². The number of rotatable bonds is 7. The van der Waals surface area contributed by atoms with Crippen LogP contribution in [0.5, 0.6) is 0 Å². The first-order valence-electron chi connectivity index (χ1n) is 9.06. The molecule has 0 fully saturated rings. The minimum Gasteiger partial charge on any atom is -0.380 e. The van der Waals surface area contributed by atoms with Crippen molar-refractivity contribution in [3.63, 3.8) is 0 Å². The number of H-pyrrole nitrogens is 1. The summed E-state index contributed by atoms with van der Waals surface area (Å²) >= 11 is 0. The van der Waals surface area contributed by atoms with Gasteiger partial charge in [0.05, 0.1) is 25.0 Å². The molecule has 142 valence electrons. The number of para-hydroxylation sites is 1. The maximum Gasteiger partial charge on any atom is 0.252 e. The minimum absolute atomic E-state index is 0.119. The van der Waals surface area contributed by atoms with E-state index in [4.69, 9.17) is 9.72 Å². The lowest BCUT2D eigenvalue weighted by molar-refractivity contribution is 0.139. The molecule has 0 aliphatic carbocycles. The van der Waals surface area contributed by atoms with Gasteiger partial charge in [-0.3, -0.25) is 19.4 Å². The molecular weight excluding hydrogens is 356 g/mol. The van der Waals surface area contributed by atoms with E-state index in [1.54, 1.807) is 29.2 Å². The number of hydrogen-bond donors (Lipinski definition) is 1. The topological polar surface area (TPSA) is 88.9 Å². The summed E-state index contributed by atoms with van der Waals surface area (Å²) in [6.45, 7) is 3.40. The SMILES string of the molecule is CCOCCn1c(=O)ccc2cnc(N(c3ccccc3)c3cn[nH]c3)nc21. The van der Waals surface area contributed by atoms with Gasteiger partial charge in [-0.15, -0.1) is 0 Å². The van der Waals surface area contributed by atoms with Gasteiger partial charge in [0.25, 0.3) is 5.56 Å². The summed E-state index contributed by atoms with van der Waals surface area (Å²) in [6.07, 6.45) is 5.20. The highest BCUT2D eigenvalue weighted by Crippen LogP contribution is 2.31. The zero-order valence-corrected chi connectivity index (χ0v) is 15.4. The monoisotopic (exact) mass is 376 g/mol. The molecule has 28 heavy (non-hydrogen) atoms. The fourth-order valence-corrected chi connectivity index (χ4v) is 3.01. The molecule has 1 aromatic carbocycles. The molecule has 1 N–H and O–H groups in total. The van der Waals surface area contributed by atoms with Gasteiger partial charge in [-0.1, -0.05) is 18.2 Å².